The molecule has 1 rings (SSSR count). The zero-order valence-electron chi connectivity index (χ0n) is 10.6. The van der Waals surface area contributed by atoms with Crippen LogP contribution in [0.5, 0.6) is 0 Å². The molecular formula is C11H24N2O2S. The highest BCUT2D eigenvalue weighted by Gasteiger charge is 2.28. The average molecular weight is 248 g/mol. The van der Waals surface area contributed by atoms with Crippen LogP contribution in [0.15, 0.2) is 0 Å². The Morgan fingerprint density at radius 3 is 2.31 bits per heavy atom. The van der Waals surface area contributed by atoms with E-state index in [4.69, 9.17) is 0 Å². The van der Waals surface area contributed by atoms with Crippen molar-refractivity contribution in [2.24, 2.45) is 5.92 Å². The van der Waals surface area contributed by atoms with Crippen molar-refractivity contribution in [1.29, 1.82) is 0 Å². The highest BCUT2D eigenvalue weighted by atomic mass is 32.2. The lowest BCUT2D eigenvalue weighted by atomic mass is 9.91. The van der Waals surface area contributed by atoms with Gasteiger partial charge in [0.05, 0.1) is 5.75 Å². The lowest BCUT2D eigenvalue weighted by molar-refractivity contribution is 0.233. The van der Waals surface area contributed by atoms with E-state index in [9.17, 15) is 8.42 Å². The van der Waals surface area contributed by atoms with Gasteiger partial charge in [0.2, 0.25) is 10.0 Å². The van der Waals surface area contributed by atoms with E-state index < -0.39 is 10.0 Å². The number of hydrogen-bond donors (Lipinski definition) is 1. The van der Waals surface area contributed by atoms with E-state index in [2.05, 4.69) is 19.2 Å². The molecule has 1 fully saturated rings. The molecule has 4 nitrogen and oxygen atoms in total. The Morgan fingerprint density at radius 1 is 1.31 bits per heavy atom. The average Bonchev–Trinajstić information content (AvgIpc) is 2.29. The van der Waals surface area contributed by atoms with Crippen molar-refractivity contribution in [1.82, 2.24) is 9.62 Å². The predicted molar refractivity (Wildman–Crippen MR) is 66.9 cm³/mol. The van der Waals surface area contributed by atoms with Crippen LogP contribution < -0.4 is 5.32 Å². The van der Waals surface area contributed by atoms with Crippen molar-refractivity contribution >= 4 is 10.0 Å². The Kier molecular flexibility index (Phi) is 5.21. The normalized spacial score (nSPS) is 22.2. The van der Waals surface area contributed by atoms with Gasteiger partial charge in [0.15, 0.2) is 0 Å². The monoisotopic (exact) mass is 248 g/mol. The SMILES string of the molecule is CCNC(C)C1CCN(S(=O)(=O)CC)CC1. The van der Waals surface area contributed by atoms with E-state index in [0.717, 1.165) is 19.4 Å². The third kappa shape index (κ3) is 3.43. The highest BCUT2D eigenvalue weighted by Crippen LogP contribution is 2.22. The molecule has 0 saturated carbocycles. The van der Waals surface area contributed by atoms with Gasteiger partial charge in [-0.1, -0.05) is 6.92 Å². The molecule has 1 saturated heterocycles. The van der Waals surface area contributed by atoms with Gasteiger partial charge in [-0.05, 0) is 39.2 Å². The van der Waals surface area contributed by atoms with Crippen LogP contribution in [-0.4, -0.2) is 44.2 Å². The molecule has 1 N–H and O–H groups in total. The first-order valence-electron chi connectivity index (χ1n) is 6.22. The summed E-state index contributed by atoms with van der Waals surface area (Å²) in [7, 11) is -2.97. The zero-order valence-corrected chi connectivity index (χ0v) is 11.4. The van der Waals surface area contributed by atoms with Crippen LogP contribution in [0.4, 0.5) is 0 Å². The summed E-state index contributed by atoms with van der Waals surface area (Å²) in [5.41, 5.74) is 0. The lowest BCUT2D eigenvalue weighted by Gasteiger charge is -2.34. The van der Waals surface area contributed by atoms with Gasteiger partial charge in [0.1, 0.15) is 0 Å². The molecule has 0 amide bonds. The number of piperidine rings is 1. The Labute approximate surface area is 99.5 Å². The maximum absolute atomic E-state index is 11.7. The number of nitrogens with zero attached hydrogens (tertiary/aromatic N) is 1. The Morgan fingerprint density at radius 2 is 1.88 bits per heavy atom. The van der Waals surface area contributed by atoms with Gasteiger partial charge in [-0.3, -0.25) is 0 Å². The fourth-order valence-corrected chi connectivity index (χ4v) is 3.46. The van der Waals surface area contributed by atoms with Crippen molar-refractivity contribution in [2.45, 2.75) is 39.7 Å². The lowest BCUT2D eigenvalue weighted by Crippen LogP contribution is -2.44. The smallest absolute Gasteiger partial charge is 0.213 e. The maximum atomic E-state index is 11.7. The van der Waals surface area contributed by atoms with Crippen LogP contribution in [0.25, 0.3) is 0 Å². The largest absolute Gasteiger partial charge is 0.314 e. The molecule has 1 aliphatic rings. The zero-order chi connectivity index (χ0) is 12.2. The van der Waals surface area contributed by atoms with Gasteiger partial charge < -0.3 is 5.32 Å². The summed E-state index contributed by atoms with van der Waals surface area (Å²) >= 11 is 0. The Bertz CT molecular complexity index is 295. The molecule has 0 radical (unpaired) electrons. The second kappa shape index (κ2) is 5.98. The van der Waals surface area contributed by atoms with E-state index in [1.807, 2.05) is 0 Å². The van der Waals surface area contributed by atoms with Crippen LogP contribution in [0, 0.1) is 5.92 Å². The van der Waals surface area contributed by atoms with Crippen molar-refractivity contribution in [3.8, 4) is 0 Å². The highest BCUT2D eigenvalue weighted by molar-refractivity contribution is 7.89. The van der Waals surface area contributed by atoms with Gasteiger partial charge >= 0.3 is 0 Å². The molecular weight excluding hydrogens is 224 g/mol. The molecule has 1 atom stereocenters. The molecule has 16 heavy (non-hydrogen) atoms. The minimum Gasteiger partial charge on any atom is -0.314 e. The summed E-state index contributed by atoms with van der Waals surface area (Å²) in [6.07, 6.45) is 1.96. The molecule has 0 spiro atoms. The second-order valence-corrected chi connectivity index (χ2v) is 6.74. The fourth-order valence-electron chi connectivity index (χ4n) is 2.33. The van der Waals surface area contributed by atoms with Gasteiger partial charge in [0, 0.05) is 19.1 Å². The molecule has 1 heterocycles. The first kappa shape index (κ1) is 13.9. The topological polar surface area (TPSA) is 49.4 Å². The fraction of sp³-hybridized carbons (Fsp3) is 1.00. The van der Waals surface area contributed by atoms with Crippen molar-refractivity contribution in [3.05, 3.63) is 0 Å². The summed E-state index contributed by atoms with van der Waals surface area (Å²) in [6, 6.07) is 0.497. The quantitative estimate of drug-likeness (QED) is 0.791. The first-order valence-corrected chi connectivity index (χ1v) is 7.83. The van der Waals surface area contributed by atoms with Crippen LogP contribution in [0.3, 0.4) is 0 Å². The summed E-state index contributed by atoms with van der Waals surface area (Å²) < 4.78 is 25.0. The molecule has 1 aliphatic heterocycles. The van der Waals surface area contributed by atoms with E-state index >= 15 is 0 Å². The van der Waals surface area contributed by atoms with Crippen molar-refractivity contribution < 1.29 is 8.42 Å². The van der Waals surface area contributed by atoms with Crippen LogP contribution >= 0.6 is 0 Å². The molecule has 0 aromatic carbocycles. The van der Waals surface area contributed by atoms with Crippen LogP contribution in [0.1, 0.15) is 33.6 Å². The Hall–Kier alpha value is -0.130. The van der Waals surface area contributed by atoms with Gasteiger partial charge in [-0.2, -0.15) is 0 Å². The molecule has 0 aliphatic carbocycles. The number of sulfonamides is 1. The number of hydrogen-bond acceptors (Lipinski definition) is 3. The molecule has 5 heteroatoms. The first-order chi connectivity index (χ1) is 7.51. The Balaban J connectivity index is 2.45. The molecule has 0 aromatic rings. The molecule has 1 unspecified atom stereocenters. The predicted octanol–water partition coefficient (Wildman–Crippen LogP) is 1.05. The van der Waals surface area contributed by atoms with Crippen LogP contribution in [0.2, 0.25) is 0 Å². The van der Waals surface area contributed by atoms with Gasteiger partial charge in [-0.15, -0.1) is 0 Å². The van der Waals surface area contributed by atoms with Crippen molar-refractivity contribution in [2.75, 3.05) is 25.4 Å². The number of nitrogens with one attached hydrogen (secondary N) is 1. The molecule has 96 valence electrons. The third-order valence-corrected chi connectivity index (χ3v) is 5.37. The summed E-state index contributed by atoms with van der Waals surface area (Å²) in [6.45, 7) is 8.37. The molecule has 0 aromatic heterocycles. The summed E-state index contributed by atoms with van der Waals surface area (Å²) in [5, 5.41) is 3.41. The van der Waals surface area contributed by atoms with E-state index in [1.54, 1.807) is 11.2 Å². The van der Waals surface area contributed by atoms with E-state index in [-0.39, 0.29) is 5.75 Å². The van der Waals surface area contributed by atoms with Gasteiger partial charge in [0.25, 0.3) is 0 Å². The van der Waals surface area contributed by atoms with Crippen LogP contribution in [-0.2, 0) is 10.0 Å². The van der Waals surface area contributed by atoms with Gasteiger partial charge in [-0.25, -0.2) is 12.7 Å². The third-order valence-electron chi connectivity index (χ3n) is 3.49. The summed E-state index contributed by atoms with van der Waals surface area (Å²) in [4.78, 5) is 0. The summed E-state index contributed by atoms with van der Waals surface area (Å²) in [5.74, 6) is 0.837. The maximum Gasteiger partial charge on any atom is 0.213 e. The second-order valence-electron chi connectivity index (χ2n) is 4.48. The van der Waals surface area contributed by atoms with E-state index in [0.29, 0.717) is 25.0 Å². The molecule has 0 bridgehead atoms. The van der Waals surface area contributed by atoms with E-state index in [1.165, 1.54) is 0 Å². The minimum atomic E-state index is -2.97. The standard InChI is InChI=1S/C11H24N2O2S/c1-4-12-10(3)11-6-8-13(9-7-11)16(14,15)5-2/h10-12H,4-9H2,1-3H3. The van der Waals surface area contributed by atoms with Crippen molar-refractivity contribution in [3.63, 3.8) is 0 Å². The minimum absolute atomic E-state index is 0.223. The number of rotatable bonds is 5.